The van der Waals surface area contributed by atoms with Crippen LogP contribution >= 0.6 is 22.6 Å². The van der Waals surface area contributed by atoms with Crippen molar-refractivity contribution in [3.8, 4) is 11.6 Å². The van der Waals surface area contributed by atoms with Crippen molar-refractivity contribution < 1.29 is 13.9 Å². The summed E-state index contributed by atoms with van der Waals surface area (Å²) in [4.78, 5) is 9.08. The molecule has 1 heterocycles. The monoisotopic (exact) mass is 610 g/mol. The van der Waals surface area contributed by atoms with E-state index in [0.29, 0.717) is 31.3 Å². The third-order valence-corrected chi connectivity index (χ3v) is 7.06. The molecule has 2 atom stereocenters. The molecular weight excluding hydrogens is 578 g/mol. The van der Waals surface area contributed by atoms with Crippen LogP contribution in [0, 0.1) is 9.49 Å². The zero-order valence-electron chi connectivity index (χ0n) is 21.0. The SMILES string of the molecule is C[C@@H](CF)CCC(Cc1ncnc(OCc2ccccc2)c1OCc1ccccc1)c1ccc(I)cc1. The molecule has 192 valence electrons. The molecule has 0 aliphatic carbocycles. The van der Waals surface area contributed by atoms with Gasteiger partial charge in [0.05, 0.1) is 12.4 Å². The number of ether oxygens (including phenoxy) is 2. The molecule has 3 aromatic carbocycles. The van der Waals surface area contributed by atoms with E-state index in [-0.39, 0.29) is 18.5 Å². The standard InChI is InChI=1S/C31H32FIN2O2/c1-23(19-32)12-13-27(26-14-16-28(33)17-15-26)18-29-30(36-20-24-8-4-2-5-9-24)31(35-22-34-29)37-21-25-10-6-3-7-11-25/h2-11,14-17,22-23,27H,12-13,18-21H2,1H3/t23-,27?/m1/s1. The number of halogens is 2. The van der Waals surface area contributed by atoms with Crippen molar-refractivity contribution in [3.63, 3.8) is 0 Å². The van der Waals surface area contributed by atoms with Crippen LogP contribution in [0.2, 0.25) is 0 Å². The van der Waals surface area contributed by atoms with Crippen LogP contribution < -0.4 is 9.47 Å². The lowest BCUT2D eigenvalue weighted by Crippen LogP contribution is -2.11. The third-order valence-electron chi connectivity index (χ3n) is 6.34. The molecule has 0 fully saturated rings. The van der Waals surface area contributed by atoms with Crippen molar-refractivity contribution in [1.29, 1.82) is 0 Å². The van der Waals surface area contributed by atoms with Crippen LogP contribution in [0.25, 0.3) is 0 Å². The van der Waals surface area contributed by atoms with Gasteiger partial charge in [-0.3, -0.25) is 4.39 Å². The van der Waals surface area contributed by atoms with E-state index in [2.05, 4.69) is 56.8 Å². The maximum absolute atomic E-state index is 13.3. The Morgan fingerprint density at radius 1 is 0.784 bits per heavy atom. The lowest BCUT2D eigenvalue weighted by molar-refractivity contribution is 0.242. The average molecular weight is 611 g/mol. The first-order chi connectivity index (χ1) is 18.1. The second-order valence-electron chi connectivity index (χ2n) is 9.29. The molecular formula is C31H32FIN2O2. The van der Waals surface area contributed by atoms with E-state index >= 15 is 0 Å². The summed E-state index contributed by atoms with van der Waals surface area (Å²) in [5, 5.41) is 0. The van der Waals surface area contributed by atoms with E-state index in [1.165, 1.54) is 9.13 Å². The van der Waals surface area contributed by atoms with Gasteiger partial charge in [0.25, 0.3) is 5.88 Å². The van der Waals surface area contributed by atoms with E-state index in [4.69, 9.17) is 9.47 Å². The molecule has 37 heavy (non-hydrogen) atoms. The molecule has 0 radical (unpaired) electrons. The van der Waals surface area contributed by atoms with E-state index in [1.807, 2.05) is 67.6 Å². The number of benzene rings is 3. The van der Waals surface area contributed by atoms with Crippen LogP contribution in [0.3, 0.4) is 0 Å². The van der Waals surface area contributed by atoms with E-state index in [9.17, 15) is 4.39 Å². The Labute approximate surface area is 232 Å². The van der Waals surface area contributed by atoms with Crippen molar-refractivity contribution in [2.24, 2.45) is 5.92 Å². The van der Waals surface area contributed by atoms with Crippen molar-refractivity contribution in [2.75, 3.05) is 6.67 Å². The summed E-state index contributed by atoms with van der Waals surface area (Å²) >= 11 is 2.31. The molecule has 0 spiro atoms. The Kier molecular flexibility index (Phi) is 10.3. The predicted molar refractivity (Wildman–Crippen MR) is 154 cm³/mol. The van der Waals surface area contributed by atoms with Gasteiger partial charge in [-0.25, -0.2) is 4.98 Å². The molecule has 1 aromatic heterocycles. The quantitative estimate of drug-likeness (QED) is 0.144. The third kappa shape index (κ3) is 8.25. The average Bonchev–Trinajstić information content (AvgIpc) is 2.95. The highest BCUT2D eigenvalue weighted by Crippen LogP contribution is 2.35. The number of aromatic nitrogens is 2. The number of hydrogen-bond acceptors (Lipinski definition) is 4. The van der Waals surface area contributed by atoms with Gasteiger partial charge in [0.2, 0.25) is 5.75 Å². The minimum Gasteiger partial charge on any atom is -0.482 e. The Hall–Kier alpha value is -3.00. The van der Waals surface area contributed by atoms with Crippen LogP contribution in [0.5, 0.6) is 11.6 Å². The molecule has 0 aliphatic rings. The smallest absolute Gasteiger partial charge is 0.260 e. The number of hydrogen-bond donors (Lipinski definition) is 0. The fraction of sp³-hybridized carbons (Fsp3) is 0.290. The first-order valence-corrected chi connectivity index (χ1v) is 13.7. The minimum atomic E-state index is -0.310. The molecule has 0 amide bonds. The van der Waals surface area contributed by atoms with E-state index in [0.717, 1.165) is 29.7 Å². The topological polar surface area (TPSA) is 44.2 Å². The van der Waals surface area contributed by atoms with Gasteiger partial charge in [-0.1, -0.05) is 79.7 Å². The van der Waals surface area contributed by atoms with Gasteiger partial charge in [0.15, 0.2) is 0 Å². The molecule has 4 rings (SSSR count). The molecule has 0 saturated carbocycles. The maximum Gasteiger partial charge on any atom is 0.260 e. The van der Waals surface area contributed by atoms with Gasteiger partial charge in [0, 0.05) is 9.99 Å². The number of nitrogens with zero attached hydrogens (tertiary/aromatic N) is 2. The molecule has 1 unspecified atom stereocenters. The Morgan fingerprint density at radius 3 is 2.03 bits per heavy atom. The zero-order valence-corrected chi connectivity index (χ0v) is 23.2. The van der Waals surface area contributed by atoms with E-state index in [1.54, 1.807) is 6.33 Å². The maximum atomic E-state index is 13.3. The summed E-state index contributed by atoms with van der Waals surface area (Å²) in [6, 6.07) is 28.6. The van der Waals surface area contributed by atoms with Crippen molar-refractivity contribution in [1.82, 2.24) is 9.97 Å². The first-order valence-electron chi connectivity index (χ1n) is 12.6. The lowest BCUT2D eigenvalue weighted by atomic mass is 9.87. The second kappa shape index (κ2) is 14.1. The molecule has 0 N–H and O–H groups in total. The van der Waals surface area contributed by atoms with Crippen molar-refractivity contribution in [3.05, 3.63) is 117 Å². The Morgan fingerprint density at radius 2 is 1.41 bits per heavy atom. The first kappa shape index (κ1) is 27.0. The highest BCUT2D eigenvalue weighted by Gasteiger charge is 2.21. The van der Waals surface area contributed by atoms with Crippen LogP contribution in [-0.2, 0) is 19.6 Å². The molecule has 0 aliphatic heterocycles. The number of rotatable bonds is 13. The van der Waals surface area contributed by atoms with Gasteiger partial charge >= 0.3 is 0 Å². The van der Waals surface area contributed by atoms with E-state index < -0.39 is 0 Å². The largest absolute Gasteiger partial charge is 0.482 e. The van der Waals surface area contributed by atoms with Crippen molar-refractivity contribution in [2.45, 2.75) is 45.3 Å². The Balaban J connectivity index is 1.62. The van der Waals surface area contributed by atoms with Crippen LogP contribution in [0.4, 0.5) is 4.39 Å². The highest BCUT2D eigenvalue weighted by atomic mass is 127. The molecule has 0 bridgehead atoms. The summed E-state index contributed by atoms with van der Waals surface area (Å²) in [7, 11) is 0. The summed E-state index contributed by atoms with van der Waals surface area (Å²) in [6.45, 7) is 2.42. The molecule has 6 heteroatoms. The fourth-order valence-electron chi connectivity index (χ4n) is 4.16. The zero-order chi connectivity index (χ0) is 25.9. The second-order valence-corrected chi connectivity index (χ2v) is 10.5. The van der Waals surface area contributed by atoms with Gasteiger partial charge in [-0.05, 0) is 76.1 Å². The molecule has 4 aromatic rings. The normalized spacial score (nSPS) is 12.6. The summed E-state index contributed by atoms with van der Waals surface area (Å²) in [5.74, 6) is 1.19. The number of alkyl halides is 1. The minimum absolute atomic E-state index is 0.0234. The van der Waals surface area contributed by atoms with Crippen molar-refractivity contribution >= 4 is 22.6 Å². The summed E-state index contributed by atoms with van der Waals surface area (Å²) < 4.78 is 26.9. The lowest BCUT2D eigenvalue weighted by Gasteiger charge is -2.21. The summed E-state index contributed by atoms with van der Waals surface area (Å²) in [5.41, 5.74) is 4.11. The van der Waals surface area contributed by atoms with Crippen LogP contribution in [0.1, 0.15) is 48.1 Å². The molecule has 4 nitrogen and oxygen atoms in total. The fourth-order valence-corrected chi connectivity index (χ4v) is 4.52. The molecule has 0 saturated heterocycles. The van der Waals surface area contributed by atoms with Gasteiger partial charge in [-0.15, -0.1) is 0 Å². The Bertz CT molecular complexity index is 1220. The van der Waals surface area contributed by atoms with Crippen LogP contribution in [-0.4, -0.2) is 16.6 Å². The predicted octanol–water partition coefficient (Wildman–Crippen LogP) is 7.95. The highest BCUT2D eigenvalue weighted by molar-refractivity contribution is 14.1. The van der Waals surface area contributed by atoms with Gasteiger partial charge in [0.1, 0.15) is 19.5 Å². The van der Waals surface area contributed by atoms with Gasteiger partial charge < -0.3 is 9.47 Å². The summed E-state index contributed by atoms with van der Waals surface area (Å²) in [6.07, 6.45) is 3.85. The van der Waals surface area contributed by atoms with Gasteiger partial charge in [-0.2, -0.15) is 4.98 Å². The van der Waals surface area contributed by atoms with Crippen LogP contribution in [0.15, 0.2) is 91.3 Å².